The Hall–Kier alpha value is -2.60. The summed E-state index contributed by atoms with van der Waals surface area (Å²) in [5.41, 5.74) is 9.63. The van der Waals surface area contributed by atoms with Gasteiger partial charge < -0.3 is 10.2 Å². The zero-order valence-electron chi connectivity index (χ0n) is 9.29. The lowest BCUT2D eigenvalue weighted by atomic mass is 10.1. The maximum atomic E-state index is 8.96. The van der Waals surface area contributed by atoms with Gasteiger partial charge in [0.25, 0.3) is 0 Å². The monoisotopic (exact) mass is 242 g/mol. The molecule has 90 valence electrons. The fourth-order valence-electron chi connectivity index (χ4n) is 1.78. The molecule has 3 rings (SSSR count). The topological polar surface area (TPSA) is 97.2 Å². The average Bonchev–Trinajstić information content (AvgIpc) is 2.82. The number of anilines is 2. The quantitative estimate of drug-likeness (QED) is 0.471. The maximum absolute atomic E-state index is 8.96. The smallest absolute Gasteiger partial charge is 0.231 e. The van der Waals surface area contributed by atoms with E-state index in [-0.39, 0.29) is 0 Å². The number of aromatic nitrogens is 2. The van der Waals surface area contributed by atoms with Crippen LogP contribution in [0.4, 0.5) is 11.5 Å². The number of benzene rings is 1. The van der Waals surface area contributed by atoms with Crippen LogP contribution in [0.25, 0.3) is 22.4 Å². The third kappa shape index (κ3) is 1.64. The Morgan fingerprint density at radius 2 is 2.11 bits per heavy atom. The van der Waals surface area contributed by atoms with Crippen LogP contribution in [0, 0.1) is 0 Å². The van der Waals surface area contributed by atoms with E-state index in [2.05, 4.69) is 9.97 Å². The number of nitrogen functional groups attached to an aromatic ring is 1. The van der Waals surface area contributed by atoms with Crippen molar-refractivity contribution in [3.63, 3.8) is 0 Å². The SMILES string of the molecule is Nc1cccc(-c2cc3c(NO)ncnc3o2)c1. The van der Waals surface area contributed by atoms with E-state index in [0.717, 1.165) is 5.56 Å². The lowest BCUT2D eigenvalue weighted by molar-refractivity contribution is 0.386. The van der Waals surface area contributed by atoms with Crippen LogP contribution in [-0.4, -0.2) is 15.2 Å². The molecule has 0 spiro atoms. The van der Waals surface area contributed by atoms with Gasteiger partial charge in [0, 0.05) is 11.3 Å². The summed E-state index contributed by atoms with van der Waals surface area (Å²) in [6, 6.07) is 9.08. The van der Waals surface area contributed by atoms with Crippen LogP contribution >= 0.6 is 0 Å². The summed E-state index contributed by atoms with van der Waals surface area (Å²) in [7, 11) is 0. The number of nitrogens with two attached hydrogens (primary N) is 1. The van der Waals surface area contributed by atoms with Crippen molar-refractivity contribution in [3.05, 3.63) is 36.7 Å². The molecule has 18 heavy (non-hydrogen) atoms. The van der Waals surface area contributed by atoms with Crippen molar-refractivity contribution >= 4 is 22.6 Å². The van der Waals surface area contributed by atoms with E-state index in [1.54, 1.807) is 18.2 Å². The molecule has 2 aromatic heterocycles. The van der Waals surface area contributed by atoms with Crippen molar-refractivity contribution in [3.8, 4) is 11.3 Å². The third-order valence-electron chi connectivity index (χ3n) is 2.61. The average molecular weight is 242 g/mol. The Balaban J connectivity index is 2.19. The van der Waals surface area contributed by atoms with Gasteiger partial charge in [-0.1, -0.05) is 12.1 Å². The van der Waals surface area contributed by atoms with Crippen molar-refractivity contribution in [2.24, 2.45) is 0 Å². The number of fused-ring (bicyclic) bond motifs is 1. The second kappa shape index (κ2) is 4.01. The normalized spacial score (nSPS) is 10.7. The molecule has 6 nitrogen and oxygen atoms in total. The molecule has 0 bridgehead atoms. The van der Waals surface area contributed by atoms with Gasteiger partial charge in [-0.2, -0.15) is 0 Å². The number of furan rings is 1. The van der Waals surface area contributed by atoms with Crippen LogP contribution in [0.2, 0.25) is 0 Å². The Kier molecular flexibility index (Phi) is 2.35. The molecular formula is C12H10N4O2. The minimum atomic E-state index is 0.305. The number of rotatable bonds is 2. The maximum Gasteiger partial charge on any atom is 0.231 e. The van der Waals surface area contributed by atoms with Gasteiger partial charge in [-0.3, -0.25) is 10.7 Å². The molecule has 0 unspecified atom stereocenters. The lowest BCUT2D eigenvalue weighted by Crippen LogP contribution is -1.93. The number of nitrogens with one attached hydrogen (secondary N) is 1. The van der Waals surface area contributed by atoms with Crippen LogP contribution in [-0.2, 0) is 0 Å². The van der Waals surface area contributed by atoms with Crippen molar-refractivity contribution < 1.29 is 9.62 Å². The molecule has 0 aliphatic carbocycles. The highest BCUT2D eigenvalue weighted by molar-refractivity contribution is 5.89. The summed E-state index contributed by atoms with van der Waals surface area (Å²) in [5.74, 6) is 0.924. The van der Waals surface area contributed by atoms with Gasteiger partial charge in [0.1, 0.15) is 12.1 Å². The minimum Gasteiger partial charge on any atom is -0.438 e. The van der Waals surface area contributed by atoms with E-state index in [1.807, 2.05) is 17.6 Å². The van der Waals surface area contributed by atoms with Gasteiger partial charge in [0.2, 0.25) is 5.71 Å². The summed E-state index contributed by atoms with van der Waals surface area (Å²) in [6.07, 6.45) is 1.31. The fraction of sp³-hybridized carbons (Fsp3) is 0. The van der Waals surface area contributed by atoms with E-state index >= 15 is 0 Å². The molecule has 3 aromatic rings. The summed E-state index contributed by atoms with van der Waals surface area (Å²) in [4.78, 5) is 7.89. The Labute approximate surface area is 102 Å². The standard InChI is InChI=1S/C12H10N4O2/c13-8-3-1-2-7(4-8)10-5-9-11(16-17)14-6-15-12(9)18-10/h1-6,17H,13H2,(H,14,15,16). The zero-order valence-corrected chi connectivity index (χ0v) is 9.29. The third-order valence-corrected chi connectivity index (χ3v) is 2.61. The molecule has 0 aliphatic heterocycles. The Morgan fingerprint density at radius 1 is 1.22 bits per heavy atom. The molecule has 2 heterocycles. The number of hydrogen-bond donors (Lipinski definition) is 3. The molecular weight excluding hydrogens is 232 g/mol. The van der Waals surface area contributed by atoms with E-state index in [4.69, 9.17) is 15.4 Å². The van der Waals surface area contributed by atoms with Gasteiger partial charge in [-0.15, -0.1) is 0 Å². The first-order valence-electron chi connectivity index (χ1n) is 5.28. The Morgan fingerprint density at radius 3 is 2.89 bits per heavy atom. The van der Waals surface area contributed by atoms with E-state index in [0.29, 0.717) is 28.4 Å². The van der Waals surface area contributed by atoms with Crippen molar-refractivity contribution in [2.45, 2.75) is 0 Å². The predicted molar refractivity (Wildman–Crippen MR) is 67.1 cm³/mol. The summed E-state index contributed by atoms with van der Waals surface area (Å²) in [6.45, 7) is 0. The van der Waals surface area contributed by atoms with Crippen molar-refractivity contribution in [1.82, 2.24) is 9.97 Å². The molecule has 0 fully saturated rings. The van der Waals surface area contributed by atoms with E-state index in [1.165, 1.54) is 6.33 Å². The minimum absolute atomic E-state index is 0.305. The first kappa shape index (κ1) is 10.5. The molecule has 0 aliphatic rings. The first-order valence-corrected chi connectivity index (χ1v) is 5.28. The molecule has 0 radical (unpaired) electrons. The summed E-state index contributed by atoms with van der Waals surface area (Å²) < 4.78 is 5.59. The van der Waals surface area contributed by atoms with Gasteiger partial charge >= 0.3 is 0 Å². The van der Waals surface area contributed by atoms with Crippen LogP contribution in [0.15, 0.2) is 41.1 Å². The van der Waals surface area contributed by atoms with Gasteiger partial charge in [-0.05, 0) is 18.2 Å². The second-order valence-corrected chi connectivity index (χ2v) is 3.79. The second-order valence-electron chi connectivity index (χ2n) is 3.79. The number of hydrogen-bond acceptors (Lipinski definition) is 6. The zero-order chi connectivity index (χ0) is 12.5. The van der Waals surface area contributed by atoms with Gasteiger partial charge in [0.15, 0.2) is 5.82 Å². The van der Waals surface area contributed by atoms with Crippen LogP contribution < -0.4 is 11.2 Å². The highest BCUT2D eigenvalue weighted by atomic mass is 16.5. The van der Waals surface area contributed by atoms with E-state index in [9.17, 15) is 0 Å². The van der Waals surface area contributed by atoms with Gasteiger partial charge in [-0.25, -0.2) is 9.97 Å². The fourth-order valence-corrected chi connectivity index (χ4v) is 1.78. The predicted octanol–water partition coefficient (Wildman–Crippen LogP) is 2.27. The summed E-state index contributed by atoms with van der Waals surface area (Å²) >= 11 is 0. The molecule has 0 saturated carbocycles. The Bertz CT molecular complexity index is 708. The van der Waals surface area contributed by atoms with Crippen LogP contribution in [0.5, 0.6) is 0 Å². The molecule has 0 amide bonds. The van der Waals surface area contributed by atoms with Crippen LogP contribution in [0.3, 0.4) is 0 Å². The molecule has 0 atom stereocenters. The molecule has 6 heteroatoms. The van der Waals surface area contributed by atoms with Crippen molar-refractivity contribution in [2.75, 3.05) is 11.2 Å². The first-order chi connectivity index (χ1) is 8.78. The highest BCUT2D eigenvalue weighted by Crippen LogP contribution is 2.30. The van der Waals surface area contributed by atoms with E-state index < -0.39 is 0 Å². The molecule has 4 N–H and O–H groups in total. The molecule has 1 aromatic carbocycles. The number of nitrogens with zero attached hydrogens (tertiary/aromatic N) is 2. The highest BCUT2D eigenvalue weighted by Gasteiger charge is 2.11. The summed E-state index contributed by atoms with van der Waals surface area (Å²) in [5, 5.41) is 9.57. The largest absolute Gasteiger partial charge is 0.438 e. The van der Waals surface area contributed by atoms with Gasteiger partial charge in [0.05, 0.1) is 5.39 Å². The molecule has 0 saturated heterocycles. The lowest BCUT2D eigenvalue weighted by Gasteiger charge is -1.97. The van der Waals surface area contributed by atoms with Crippen molar-refractivity contribution in [1.29, 1.82) is 0 Å². The van der Waals surface area contributed by atoms with Crippen LogP contribution in [0.1, 0.15) is 0 Å².